The molecule has 0 aromatic heterocycles. The smallest absolute Gasteiger partial charge is 0.0641 e. The molecule has 2 aliphatic carbocycles. The summed E-state index contributed by atoms with van der Waals surface area (Å²) in [4.78, 5) is 0. The minimum atomic E-state index is 0.240. The van der Waals surface area contributed by atoms with E-state index in [1.807, 2.05) is 0 Å². The van der Waals surface area contributed by atoms with Gasteiger partial charge in [0.15, 0.2) is 0 Å². The van der Waals surface area contributed by atoms with Crippen molar-refractivity contribution in [2.45, 2.75) is 46.0 Å². The third-order valence-corrected chi connectivity index (χ3v) is 4.64. The fourth-order valence-corrected chi connectivity index (χ4v) is 3.50. The van der Waals surface area contributed by atoms with Gasteiger partial charge in [-0.15, -0.1) is 0 Å². The van der Waals surface area contributed by atoms with Crippen molar-refractivity contribution in [3.63, 3.8) is 0 Å². The number of aliphatic hydroxyl groups is 1. The Labute approximate surface area is 99.3 Å². The van der Waals surface area contributed by atoms with Gasteiger partial charge in [0.2, 0.25) is 0 Å². The first-order valence-electron chi connectivity index (χ1n) is 6.51. The van der Waals surface area contributed by atoms with Gasteiger partial charge in [-0.25, -0.2) is 0 Å². The highest BCUT2D eigenvalue weighted by molar-refractivity contribution is 5.16. The zero-order valence-corrected chi connectivity index (χ0v) is 10.6. The molecule has 16 heavy (non-hydrogen) atoms. The Balaban J connectivity index is 2.11. The summed E-state index contributed by atoms with van der Waals surface area (Å²) in [5.41, 5.74) is 3.16. The van der Waals surface area contributed by atoms with Crippen LogP contribution in [0, 0.1) is 17.3 Å². The van der Waals surface area contributed by atoms with Gasteiger partial charge in [-0.05, 0) is 54.9 Å². The van der Waals surface area contributed by atoms with E-state index in [2.05, 4.69) is 26.5 Å². The van der Waals surface area contributed by atoms with Crippen LogP contribution in [0.1, 0.15) is 46.0 Å². The molecule has 1 nitrogen and oxygen atoms in total. The third kappa shape index (κ3) is 2.10. The maximum absolute atomic E-state index is 9.28. The van der Waals surface area contributed by atoms with E-state index in [0.717, 1.165) is 31.1 Å². The Morgan fingerprint density at radius 1 is 1.44 bits per heavy atom. The van der Waals surface area contributed by atoms with Crippen LogP contribution < -0.4 is 0 Å². The topological polar surface area (TPSA) is 20.2 Å². The second kappa shape index (κ2) is 4.37. The monoisotopic (exact) mass is 220 g/mol. The van der Waals surface area contributed by atoms with Gasteiger partial charge in [-0.2, -0.15) is 0 Å². The largest absolute Gasteiger partial charge is 0.392 e. The molecule has 0 aromatic rings. The molecule has 0 radical (unpaired) electrons. The molecule has 1 N–H and O–H groups in total. The summed E-state index contributed by atoms with van der Waals surface area (Å²) in [7, 11) is 0. The van der Waals surface area contributed by atoms with Gasteiger partial charge in [-0.3, -0.25) is 0 Å². The maximum Gasteiger partial charge on any atom is 0.0641 e. The minimum absolute atomic E-state index is 0.240. The third-order valence-electron chi connectivity index (χ3n) is 4.64. The molecule has 0 saturated heterocycles. The van der Waals surface area contributed by atoms with Crippen LogP contribution in [0.3, 0.4) is 0 Å². The molecule has 1 heteroatoms. The molecule has 90 valence electrons. The highest BCUT2D eigenvalue weighted by atomic mass is 16.3. The van der Waals surface area contributed by atoms with Gasteiger partial charge in [0.1, 0.15) is 0 Å². The quantitative estimate of drug-likeness (QED) is 0.668. The molecule has 0 amide bonds. The van der Waals surface area contributed by atoms with Crippen molar-refractivity contribution in [3.05, 3.63) is 23.8 Å². The summed E-state index contributed by atoms with van der Waals surface area (Å²) in [6.07, 6.45) is 8.02. The predicted molar refractivity (Wildman–Crippen MR) is 68.2 cm³/mol. The number of allylic oxidation sites excluding steroid dienone is 2. The summed E-state index contributed by atoms with van der Waals surface area (Å²) >= 11 is 0. The Morgan fingerprint density at radius 3 is 2.81 bits per heavy atom. The lowest BCUT2D eigenvalue weighted by Crippen LogP contribution is -2.44. The average molecular weight is 220 g/mol. The first-order valence-corrected chi connectivity index (χ1v) is 6.51. The second-order valence-corrected chi connectivity index (χ2v) is 6.16. The lowest BCUT2D eigenvalue weighted by atomic mass is 9.52. The summed E-state index contributed by atoms with van der Waals surface area (Å²) in [5.74, 6) is 1.54. The van der Waals surface area contributed by atoms with Crippen LogP contribution in [0.2, 0.25) is 0 Å². The van der Waals surface area contributed by atoms with Crippen LogP contribution in [-0.4, -0.2) is 11.7 Å². The van der Waals surface area contributed by atoms with Crippen molar-refractivity contribution in [2.24, 2.45) is 17.3 Å². The highest BCUT2D eigenvalue weighted by Gasteiger charge is 2.47. The average Bonchev–Trinajstić information content (AvgIpc) is 2.28. The zero-order valence-electron chi connectivity index (χ0n) is 10.6. The van der Waals surface area contributed by atoms with E-state index < -0.39 is 0 Å². The van der Waals surface area contributed by atoms with Crippen molar-refractivity contribution in [3.8, 4) is 0 Å². The van der Waals surface area contributed by atoms with Gasteiger partial charge in [0.25, 0.3) is 0 Å². The van der Waals surface area contributed by atoms with Gasteiger partial charge < -0.3 is 5.11 Å². The van der Waals surface area contributed by atoms with Crippen LogP contribution in [0.25, 0.3) is 0 Å². The summed E-state index contributed by atoms with van der Waals surface area (Å²) in [6, 6.07) is 0. The van der Waals surface area contributed by atoms with Crippen LogP contribution in [0.4, 0.5) is 0 Å². The number of rotatable bonds is 1. The van der Waals surface area contributed by atoms with Crippen molar-refractivity contribution in [1.29, 1.82) is 0 Å². The Kier molecular flexibility index (Phi) is 3.25. The number of fused-ring (bicyclic) bond motifs is 1. The van der Waals surface area contributed by atoms with Crippen molar-refractivity contribution >= 4 is 0 Å². The Hall–Kier alpha value is -0.560. The molecule has 0 aromatic carbocycles. The van der Waals surface area contributed by atoms with Gasteiger partial charge in [-0.1, -0.05) is 32.1 Å². The fraction of sp³-hybridized carbons (Fsp3) is 0.733. The van der Waals surface area contributed by atoms with Crippen LogP contribution in [-0.2, 0) is 0 Å². The van der Waals surface area contributed by atoms with E-state index in [9.17, 15) is 5.11 Å². The Morgan fingerprint density at radius 2 is 2.19 bits per heavy atom. The van der Waals surface area contributed by atoms with E-state index >= 15 is 0 Å². The lowest BCUT2D eigenvalue weighted by Gasteiger charge is -2.53. The van der Waals surface area contributed by atoms with E-state index in [1.54, 1.807) is 0 Å². The molecular formula is C15H24O. The van der Waals surface area contributed by atoms with E-state index in [4.69, 9.17) is 0 Å². The normalized spacial score (nSPS) is 37.2. The molecule has 2 rings (SSSR count). The van der Waals surface area contributed by atoms with E-state index in [0.29, 0.717) is 5.41 Å². The molecule has 1 fully saturated rings. The first-order chi connectivity index (χ1) is 7.54. The Bertz CT molecular complexity index is 311. The van der Waals surface area contributed by atoms with E-state index in [-0.39, 0.29) is 6.61 Å². The summed E-state index contributed by atoms with van der Waals surface area (Å²) < 4.78 is 0. The molecule has 2 atom stereocenters. The number of hydrogen-bond donors (Lipinski definition) is 1. The van der Waals surface area contributed by atoms with E-state index in [1.165, 1.54) is 24.0 Å². The molecule has 0 spiro atoms. The summed E-state index contributed by atoms with van der Waals surface area (Å²) in [6.45, 7) is 9.26. The van der Waals surface area contributed by atoms with Crippen LogP contribution in [0.15, 0.2) is 23.8 Å². The van der Waals surface area contributed by atoms with Crippen LogP contribution >= 0.6 is 0 Å². The molecule has 0 unspecified atom stereocenters. The zero-order chi connectivity index (χ0) is 11.8. The molecule has 2 aliphatic rings. The second-order valence-electron chi connectivity index (χ2n) is 6.16. The van der Waals surface area contributed by atoms with Crippen molar-refractivity contribution < 1.29 is 5.11 Å². The van der Waals surface area contributed by atoms with Gasteiger partial charge in [0.05, 0.1) is 6.61 Å². The minimum Gasteiger partial charge on any atom is -0.392 e. The number of aliphatic hydroxyl groups excluding tert-OH is 1. The molecule has 0 heterocycles. The molecule has 0 bridgehead atoms. The van der Waals surface area contributed by atoms with Crippen molar-refractivity contribution in [2.75, 3.05) is 6.61 Å². The predicted octanol–water partition coefficient (Wildman–Crippen LogP) is 3.70. The lowest BCUT2D eigenvalue weighted by molar-refractivity contribution is 0.00350. The molecule has 0 aliphatic heterocycles. The maximum atomic E-state index is 9.28. The fourth-order valence-electron chi connectivity index (χ4n) is 3.50. The number of hydrogen-bond acceptors (Lipinski definition) is 1. The standard InChI is InChI=1S/C15H24O/c1-11-5-4-6-12(10-16)7-8-14-13(11)9-15(14,2)3/h6,13-14,16H,1,4-5,7-10H2,2-3H3/b12-6+/t13-,14-/m0/s1. The first kappa shape index (κ1) is 11.9. The van der Waals surface area contributed by atoms with Crippen molar-refractivity contribution in [1.82, 2.24) is 0 Å². The highest BCUT2D eigenvalue weighted by Crippen LogP contribution is 2.56. The van der Waals surface area contributed by atoms with Gasteiger partial charge in [0, 0.05) is 0 Å². The van der Waals surface area contributed by atoms with Crippen LogP contribution in [0.5, 0.6) is 0 Å². The summed E-state index contributed by atoms with van der Waals surface area (Å²) in [5, 5.41) is 9.28. The molecular weight excluding hydrogens is 196 g/mol. The van der Waals surface area contributed by atoms with Gasteiger partial charge >= 0.3 is 0 Å². The molecule has 1 saturated carbocycles. The SMILES string of the molecule is C=C1CC/C=C(/CO)CC[C@H]2[C@H]1CC2(C)C.